The number of alkyl halides is 6. The van der Waals surface area contributed by atoms with Gasteiger partial charge in [-0.1, -0.05) is 24.5 Å². The second-order valence-corrected chi connectivity index (χ2v) is 9.69. The Hall–Kier alpha value is -3.44. The molecule has 0 bridgehead atoms. The summed E-state index contributed by atoms with van der Waals surface area (Å²) >= 11 is 0. The van der Waals surface area contributed by atoms with Gasteiger partial charge in [0.25, 0.3) is 0 Å². The first-order valence-corrected chi connectivity index (χ1v) is 11.5. The van der Waals surface area contributed by atoms with Crippen molar-refractivity contribution in [3.63, 3.8) is 0 Å². The first kappa shape index (κ1) is 31.1. The molecule has 0 aromatic carbocycles. The first-order chi connectivity index (χ1) is 18.0. The Morgan fingerprint density at radius 1 is 0.625 bits per heavy atom. The van der Waals surface area contributed by atoms with Gasteiger partial charge in [0.05, 0.1) is 23.0 Å². The van der Waals surface area contributed by atoms with Gasteiger partial charge in [0.2, 0.25) is 0 Å². The van der Waals surface area contributed by atoms with Crippen LogP contribution in [-0.4, -0.2) is 57.7 Å². The van der Waals surface area contributed by atoms with Crippen LogP contribution in [0.3, 0.4) is 0 Å². The van der Waals surface area contributed by atoms with Crippen molar-refractivity contribution < 1.29 is 46.8 Å². The number of hydrogen-bond acceptors (Lipinski definition) is 6. The molecule has 0 atom stereocenters. The summed E-state index contributed by atoms with van der Waals surface area (Å²) in [5, 5.41) is 7.17. The van der Waals surface area contributed by atoms with Crippen LogP contribution in [0.1, 0.15) is 36.6 Å². The van der Waals surface area contributed by atoms with Crippen molar-refractivity contribution >= 4 is 11.4 Å². The van der Waals surface area contributed by atoms with E-state index in [2.05, 4.69) is 32.6 Å². The zero-order valence-corrected chi connectivity index (χ0v) is 23.7. The first-order valence-electron chi connectivity index (χ1n) is 11.5. The van der Waals surface area contributed by atoms with Gasteiger partial charge in [-0.15, -0.1) is 12.1 Å². The Labute approximate surface area is 240 Å². The monoisotopic (exact) mass is 656 g/mol. The van der Waals surface area contributed by atoms with Gasteiger partial charge >= 0.3 is 32.8 Å². The van der Waals surface area contributed by atoms with Crippen LogP contribution in [0.2, 0.25) is 0 Å². The Morgan fingerprint density at radius 2 is 0.975 bits per heavy atom. The molecule has 4 rings (SSSR count). The maximum atomic E-state index is 13.2. The molecule has 0 amide bonds. The van der Waals surface area contributed by atoms with Crippen LogP contribution in [0.15, 0.2) is 36.4 Å². The molecule has 0 aliphatic rings. The van der Waals surface area contributed by atoms with Crippen molar-refractivity contribution in [3.05, 3.63) is 71.6 Å². The fourth-order valence-electron chi connectivity index (χ4n) is 3.60. The molecule has 4 aromatic heterocycles. The summed E-state index contributed by atoms with van der Waals surface area (Å²) in [6.45, 7) is 3.60. The van der Waals surface area contributed by atoms with E-state index in [1.807, 2.05) is 0 Å². The summed E-state index contributed by atoms with van der Waals surface area (Å²) in [5.74, 6) is 0.193. The normalized spacial score (nSPS) is 12.3. The minimum Gasteiger partial charge on any atom is -0.378 e. The molecule has 0 spiro atoms. The van der Waals surface area contributed by atoms with Crippen LogP contribution in [-0.2, 0) is 38.2 Å². The summed E-state index contributed by atoms with van der Waals surface area (Å²) in [5.41, 5.74) is -1.09. The molecule has 4 heterocycles. The van der Waals surface area contributed by atoms with Gasteiger partial charge in [-0.2, -0.15) is 26.3 Å². The van der Waals surface area contributed by atoms with Crippen molar-refractivity contribution in [2.45, 2.75) is 31.6 Å². The molecule has 15 heteroatoms. The summed E-state index contributed by atoms with van der Waals surface area (Å²) in [6.07, 6.45) is -4.38. The molecule has 0 radical (unpaired) electrons. The molecule has 40 heavy (non-hydrogen) atoms. The molecular formula is C25H24F6N8Pd. The third-order valence-corrected chi connectivity index (χ3v) is 5.98. The number of aromatic nitrogens is 6. The van der Waals surface area contributed by atoms with Gasteiger partial charge in [0, 0.05) is 56.4 Å². The quantitative estimate of drug-likeness (QED) is 0.167. The second kappa shape index (κ2) is 10.9. The number of hydrogen-bond donors (Lipinski definition) is 0. The zero-order chi connectivity index (χ0) is 28.9. The van der Waals surface area contributed by atoms with Gasteiger partial charge in [0.15, 0.2) is 0 Å². The summed E-state index contributed by atoms with van der Waals surface area (Å²) in [4.78, 5) is 12.7. The smallest absolute Gasteiger partial charge is 0.378 e. The zero-order valence-electron chi connectivity index (χ0n) is 22.1. The van der Waals surface area contributed by atoms with E-state index >= 15 is 0 Å². The van der Waals surface area contributed by atoms with Crippen molar-refractivity contribution in [3.8, 4) is 11.6 Å². The molecule has 8 nitrogen and oxygen atoms in total. The van der Waals surface area contributed by atoms with E-state index < -0.39 is 29.2 Å². The minimum absolute atomic E-state index is 0. The summed E-state index contributed by atoms with van der Waals surface area (Å²) < 4.78 is 80.8. The van der Waals surface area contributed by atoms with Crippen LogP contribution in [0.4, 0.5) is 37.7 Å². The van der Waals surface area contributed by atoms with Crippen LogP contribution in [0.25, 0.3) is 11.6 Å². The second-order valence-electron chi connectivity index (χ2n) is 9.69. The average molecular weight is 657 g/mol. The Kier molecular flexibility index (Phi) is 8.44. The van der Waals surface area contributed by atoms with Gasteiger partial charge in [-0.05, 0) is 26.0 Å². The van der Waals surface area contributed by atoms with Gasteiger partial charge in [-0.3, -0.25) is 20.2 Å². The maximum Gasteiger partial charge on any atom is 2.00 e. The molecule has 0 saturated carbocycles. The molecule has 0 N–H and O–H groups in total. The number of pyridine rings is 2. The van der Waals surface area contributed by atoms with Crippen molar-refractivity contribution in [1.82, 2.24) is 29.5 Å². The molecule has 0 unspecified atom stereocenters. The predicted molar refractivity (Wildman–Crippen MR) is 131 cm³/mol. The molecule has 0 saturated heterocycles. The topological polar surface area (TPSA) is 67.9 Å². The SMILES string of the molecule is CN(C)c1cc(-n2[c-]cc(C(F)(F)F)n2)nc(C(C)(C)c2cc(N(C)C)cc(-n3[c-]cc(C(F)(F)F)n3)n2)c1.[Pd+2]. The van der Waals surface area contributed by atoms with Gasteiger partial charge in [-0.25, -0.2) is 0 Å². The molecule has 216 valence electrons. The maximum absolute atomic E-state index is 13.2. The van der Waals surface area contributed by atoms with Crippen molar-refractivity contribution in [1.29, 1.82) is 0 Å². The van der Waals surface area contributed by atoms with E-state index in [1.165, 1.54) is 0 Å². The summed E-state index contributed by atoms with van der Waals surface area (Å²) in [7, 11) is 7.05. The fraction of sp³-hybridized carbons (Fsp3) is 0.360. The molecule has 0 aliphatic carbocycles. The van der Waals surface area contributed by atoms with E-state index in [9.17, 15) is 26.3 Å². The van der Waals surface area contributed by atoms with E-state index in [0.29, 0.717) is 22.8 Å². The molecule has 0 fully saturated rings. The predicted octanol–water partition coefficient (Wildman–Crippen LogP) is 4.94. The van der Waals surface area contributed by atoms with E-state index in [1.54, 1.807) is 76.1 Å². The van der Waals surface area contributed by atoms with Crippen LogP contribution in [0, 0.1) is 12.4 Å². The standard InChI is InChI=1S/C25H24F6N8.Pd/c1-23(2,19-11-15(36(3)4)13-21(32-19)38-9-7-17(34-38)24(26,27)28)20-12-16(37(5)6)14-22(33-20)39-10-8-18(35-39)25(29,30)31;/h7-8,11-14H,1-6H3;/q-2;+2. The number of nitrogens with zero attached hydrogens (tertiary/aromatic N) is 8. The largest absolute Gasteiger partial charge is 2.00 e. The van der Waals surface area contributed by atoms with E-state index in [0.717, 1.165) is 21.5 Å². The Balaban J connectivity index is 0.00000441. The van der Waals surface area contributed by atoms with Crippen LogP contribution in [0.5, 0.6) is 0 Å². The average Bonchev–Trinajstić information content (AvgIpc) is 3.54. The Bertz CT molecular complexity index is 1380. The molecule has 4 aromatic rings. The van der Waals surface area contributed by atoms with E-state index in [4.69, 9.17) is 0 Å². The van der Waals surface area contributed by atoms with Crippen molar-refractivity contribution in [2.75, 3.05) is 38.0 Å². The number of anilines is 2. The van der Waals surface area contributed by atoms with Gasteiger partial charge in [0.1, 0.15) is 0 Å². The van der Waals surface area contributed by atoms with Crippen molar-refractivity contribution in [2.24, 2.45) is 0 Å². The van der Waals surface area contributed by atoms with Crippen LogP contribution >= 0.6 is 0 Å². The third kappa shape index (κ3) is 6.31. The number of halogens is 6. The fourth-order valence-corrected chi connectivity index (χ4v) is 3.60. The number of rotatable bonds is 6. The van der Waals surface area contributed by atoms with Gasteiger partial charge < -0.3 is 19.2 Å². The van der Waals surface area contributed by atoms with Crippen LogP contribution < -0.4 is 9.80 Å². The van der Waals surface area contributed by atoms with E-state index in [-0.39, 0.29) is 32.1 Å². The molecular weight excluding hydrogens is 633 g/mol. The third-order valence-electron chi connectivity index (χ3n) is 5.98. The molecule has 0 aliphatic heterocycles. The Morgan fingerprint density at radius 3 is 1.25 bits per heavy atom. The minimum atomic E-state index is -4.65. The summed E-state index contributed by atoms with van der Waals surface area (Å²) in [6, 6.07) is 8.11.